The average Bonchev–Trinajstić information content (AvgIpc) is 3.71. The van der Waals surface area contributed by atoms with Crippen LogP contribution in [0.15, 0.2) is 138 Å². The topological polar surface area (TPSA) is 43.0 Å². The highest BCUT2D eigenvalue weighted by Gasteiger charge is 2.29. The van der Waals surface area contributed by atoms with Gasteiger partial charge < -0.3 is 14.3 Å². The molecule has 0 spiro atoms. The first-order valence-electron chi connectivity index (χ1n) is 16.4. The minimum absolute atomic E-state index is 0.631. The summed E-state index contributed by atoms with van der Waals surface area (Å²) >= 11 is 0. The van der Waals surface area contributed by atoms with Gasteiger partial charge in [0.1, 0.15) is 5.52 Å². The van der Waals surface area contributed by atoms with Gasteiger partial charge in [-0.15, -0.1) is 0 Å². The summed E-state index contributed by atoms with van der Waals surface area (Å²) in [7, 11) is 2.35. The summed E-state index contributed by atoms with van der Waals surface area (Å²) in [5, 5.41) is 8.71. The maximum Gasteiger partial charge on any atom is 0.227 e. The van der Waals surface area contributed by atoms with Crippen molar-refractivity contribution in [2.45, 2.75) is 13.8 Å². The van der Waals surface area contributed by atoms with Gasteiger partial charge >= 0.3 is 0 Å². The SMILES string of the molecule is Cc1ccc(Nc2ccccc2-c2cc(C)c3c4ccc5ccccc5c4n4c3c2[B]c2cc3oc(-c5ccccc5)nc3cc2-4)cc1. The summed E-state index contributed by atoms with van der Waals surface area (Å²) in [5.74, 6) is 0.631. The fraction of sp³-hybridized carbons (Fsp3) is 0.0465. The molecule has 0 aliphatic carbocycles. The predicted octanol–water partition coefficient (Wildman–Crippen LogP) is 9.74. The largest absolute Gasteiger partial charge is 0.436 e. The third kappa shape index (κ3) is 4.01. The van der Waals surface area contributed by atoms with Crippen LogP contribution in [0.5, 0.6) is 0 Å². The molecule has 0 atom stereocenters. The van der Waals surface area contributed by atoms with Crippen LogP contribution in [-0.2, 0) is 0 Å². The van der Waals surface area contributed by atoms with Gasteiger partial charge in [-0.1, -0.05) is 102 Å². The van der Waals surface area contributed by atoms with E-state index in [1.807, 2.05) is 30.3 Å². The predicted molar refractivity (Wildman–Crippen MR) is 201 cm³/mol. The van der Waals surface area contributed by atoms with E-state index in [2.05, 4.69) is 134 Å². The molecule has 4 nitrogen and oxygen atoms in total. The molecule has 0 saturated carbocycles. The van der Waals surface area contributed by atoms with Crippen molar-refractivity contribution in [3.05, 3.63) is 145 Å². The van der Waals surface area contributed by atoms with E-state index < -0.39 is 0 Å². The minimum Gasteiger partial charge on any atom is -0.436 e. The number of aromatic nitrogens is 2. The molecule has 7 aromatic carbocycles. The molecular formula is C43H29BN3O. The van der Waals surface area contributed by atoms with Crippen molar-refractivity contribution in [3.63, 3.8) is 0 Å². The van der Waals surface area contributed by atoms with Crippen LogP contribution in [-0.4, -0.2) is 16.8 Å². The van der Waals surface area contributed by atoms with Crippen molar-refractivity contribution in [2.24, 2.45) is 0 Å². The van der Waals surface area contributed by atoms with Crippen molar-refractivity contribution >= 4 is 73.3 Å². The molecule has 0 saturated heterocycles. The summed E-state index contributed by atoms with van der Waals surface area (Å²) in [5.41, 5.74) is 15.4. The van der Waals surface area contributed by atoms with Crippen molar-refractivity contribution in [2.75, 3.05) is 5.32 Å². The first kappa shape index (κ1) is 27.1. The molecule has 225 valence electrons. The Balaban J connectivity index is 1.28. The molecule has 1 aliphatic heterocycles. The van der Waals surface area contributed by atoms with Gasteiger partial charge in [0.15, 0.2) is 12.9 Å². The second kappa shape index (κ2) is 10.2. The lowest BCUT2D eigenvalue weighted by molar-refractivity contribution is 0.620. The first-order chi connectivity index (χ1) is 23.6. The summed E-state index contributed by atoms with van der Waals surface area (Å²) < 4.78 is 8.88. The number of hydrogen-bond acceptors (Lipinski definition) is 3. The van der Waals surface area contributed by atoms with E-state index in [-0.39, 0.29) is 0 Å². The normalized spacial score (nSPS) is 12.1. The molecule has 1 N–H and O–H groups in total. The Hall–Kier alpha value is -6.07. The van der Waals surface area contributed by atoms with E-state index in [4.69, 9.17) is 9.40 Å². The number of hydrogen-bond donors (Lipinski definition) is 1. The zero-order valence-corrected chi connectivity index (χ0v) is 26.6. The fourth-order valence-corrected chi connectivity index (χ4v) is 7.57. The molecule has 1 aliphatic rings. The first-order valence-corrected chi connectivity index (χ1v) is 16.4. The highest BCUT2D eigenvalue weighted by atomic mass is 16.3. The molecule has 48 heavy (non-hydrogen) atoms. The maximum absolute atomic E-state index is 6.40. The summed E-state index contributed by atoms with van der Waals surface area (Å²) in [4.78, 5) is 4.98. The Bertz CT molecular complexity index is 2740. The summed E-state index contributed by atoms with van der Waals surface area (Å²) in [6, 6.07) is 47.3. The van der Waals surface area contributed by atoms with Gasteiger partial charge in [-0.25, -0.2) is 4.98 Å². The number of nitrogens with one attached hydrogen (secondary N) is 1. The van der Waals surface area contributed by atoms with Crippen LogP contribution >= 0.6 is 0 Å². The van der Waals surface area contributed by atoms with Crippen LogP contribution in [0.1, 0.15) is 11.1 Å². The molecule has 5 heteroatoms. The Morgan fingerprint density at radius 1 is 0.688 bits per heavy atom. The number of rotatable bonds is 4. The van der Waals surface area contributed by atoms with E-state index in [0.29, 0.717) is 5.89 Å². The highest BCUT2D eigenvalue weighted by Crippen LogP contribution is 2.42. The Labute approximate surface area is 278 Å². The third-order valence-corrected chi connectivity index (χ3v) is 9.80. The minimum atomic E-state index is 0.631. The third-order valence-electron chi connectivity index (χ3n) is 9.80. The number of oxazole rings is 1. The van der Waals surface area contributed by atoms with Crippen molar-refractivity contribution in [1.82, 2.24) is 9.55 Å². The maximum atomic E-state index is 6.40. The van der Waals surface area contributed by atoms with Gasteiger partial charge in [-0.3, -0.25) is 0 Å². The lowest BCUT2D eigenvalue weighted by Crippen LogP contribution is -2.37. The molecular weight excluding hydrogens is 585 g/mol. The Kier molecular flexibility index (Phi) is 5.77. The van der Waals surface area contributed by atoms with E-state index in [1.165, 1.54) is 54.7 Å². The average molecular weight is 615 g/mol. The van der Waals surface area contributed by atoms with E-state index >= 15 is 0 Å². The summed E-state index contributed by atoms with van der Waals surface area (Å²) in [6.07, 6.45) is 0. The lowest BCUT2D eigenvalue weighted by Gasteiger charge is -2.24. The molecule has 1 radical (unpaired) electrons. The van der Waals surface area contributed by atoms with Crippen LogP contribution in [0.4, 0.5) is 11.4 Å². The second-order valence-corrected chi connectivity index (χ2v) is 12.8. The molecule has 2 aromatic heterocycles. The lowest BCUT2D eigenvalue weighted by atomic mass is 9.58. The van der Waals surface area contributed by atoms with E-state index in [1.54, 1.807) is 0 Å². The van der Waals surface area contributed by atoms with Crippen LogP contribution in [0.2, 0.25) is 0 Å². The second-order valence-electron chi connectivity index (χ2n) is 12.8. The molecule has 9 aromatic rings. The van der Waals surface area contributed by atoms with Gasteiger partial charge in [0.2, 0.25) is 5.89 Å². The summed E-state index contributed by atoms with van der Waals surface area (Å²) in [6.45, 7) is 4.37. The van der Waals surface area contributed by atoms with Crippen LogP contribution in [0, 0.1) is 13.8 Å². The molecule has 0 unspecified atom stereocenters. The number of benzene rings is 7. The molecule has 0 fully saturated rings. The molecule has 3 heterocycles. The van der Waals surface area contributed by atoms with Crippen molar-refractivity contribution in [1.29, 1.82) is 0 Å². The van der Waals surface area contributed by atoms with Crippen molar-refractivity contribution in [3.8, 4) is 28.3 Å². The number of nitrogens with zero attached hydrogens (tertiary/aromatic N) is 2. The van der Waals surface area contributed by atoms with Gasteiger partial charge in [0.05, 0.1) is 5.52 Å². The van der Waals surface area contributed by atoms with Crippen LogP contribution in [0.25, 0.3) is 71.9 Å². The zero-order valence-electron chi connectivity index (χ0n) is 26.6. The van der Waals surface area contributed by atoms with Gasteiger partial charge in [-0.2, -0.15) is 0 Å². The number of aryl methyl sites for hydroxylation is 2. The Morgan fingerprint density at radius 2 is 1.48 bits per heavy atom. The quantitative estimate of drug-likeness (QED) is 0.201. The monoisotopic (exact) mass is 614 g/mol. The standard InChI is InChI=1S/C43H29BN3O/c1-25-16-19-29(20-17-25)45-35-15-9-8-14-31(35)33-22-26(2)39-32-21-18-27-10-6-7-13-30(27)41(32)47-37-24-36-38(23-34(37)44-40(33)42(39)47)48-43(46-36)28-11-4-3-5-12-28/h3-24,45H,1-2H3. The zero-order chi connectivity index (χ0) is 31.9. The fourth-order valence-electron chi connectivity index (χ4n) is 7.57. The highest BCUT2D eigenvalue weighted by molar-refractivity contribution is 6.73. The van der Waals surface area contributed by atoms with Crippen LogP contribution < -0.4 is 16.2 Å². The van der Waals surface area contributed by atoms with Crippen LogP contribution in [0.3, 0.4) is 0 Å². The Morgan fingerprint density at radius 3 is 2.35 bits per heavy atom. The number of anilines is 2. The van der Waals surface area contributed by atoms with Gasteiger partial charge in [-0.05, 0) is 78.3 Å². The van der Waals surface area contributed by atoms with Crippen molar-refractivity contribution < 1.29 is 4.42 Å². The van der Waals surface area contributed by atoms with Gasteiger partial charge in [0.25, 0.3) is 0 Å². The number of para-hydroxylation sites is 1. The molecule has 10 rings (SSSR count). The van der Waals surface area contributed by atoms with E-state index in [9.17, 15) is 0 Å². The molecule has 0 bridgehead atoms. The van der Waals surface area contributed by atoms with Gasteiger partial charge in [0, 0.05) is 49.9 Å². The molecule has 0 amide bonds. The number of fused-ring (bicyclic) bond motifs is 8. The smallest absolute Gasteiger partial charge is 0.227 e. The van der Waals surface area contributed by atoms with E-state index in [0.717, 1.165) is 44.8 Å².